The zero-order chi connectivity index (χ0) is 19.8. The molecule has 0 bridgehead atoms. The highest BCUT2D eigenvalue weighted by Crippen LogP contribution is 2.33. The van der Waals surface area contributed by atoms with Crippen LogP contribution in [0.4, 0.5) is 8.78 Å². The van der Waals surface area contributed by atoms with E-state index in [0.717, 1.165) is 28.6 Å². The molecule has 3 aromatic heterocycles. The van der Waals surface area contributed by atoms with Crippen LogP contribution in [0.5, 0.6) is 0 Å². The summed E-state index contributed by atoms with van der Waals surface area (Å²) in [7, 11) is 0. The molecule has 0 aliphatic heterocycles. The van der Waals surface area contributed by atoms with E-state index in [4.69, 9.17) is 4.52 Å². The molecule has 0 saturated carbocycles. The van der Waals surface area contributed by atoms with Crippen molar-refractivity contribution in [3.05, 3.63) is 84.7 Å². The van der Waals surface area contributed by atoms with Crippen molar-refractivity contribution in [2.24, 2.45) is 0 Å². The van der Waals surface area contributed by atoms with E-state index >= 15 is 0 Å². The Morgan fingerprint density at radius 3 is 2.34 bits per heavy atom. The van der Waals surface area contributed by atoms with E-state index in [1.54, 1.807) is 12.4 Å². The Bertz CT molecular complexity index is 1320. The zero-order valence-electron chi connectivity index (χ0n) is 14.9. The fraction of sp³-hybridized carbons (Fsp3) is 0. The minimum absolute atomic E-state index is 0.150. The predicted molar refractivity (Wildman–Crippen MR) is 104 cm³/mol. The standard InChI is InChI=1S/C22H12F2N4O/c23-16-5-3-6-17(24)20(16)21-27-22(29-28-21)15-12-19(13-8-10-25-11-9-13)26-18-7-2-1-4-14(15)18/h1-12H. The van der Waals surface area contributed by atoms with E-state index in [2.05, 4.69) is 20.1 Å². The number of benzene rings is 2. The van der Waals surface area contributed by atoms with Gasteiger partial charge < -0.3 is 4.52 Å². The first kappa shape index (κ1) is 17.1. The average Bonchev–Trinajstić information content (AvgIpc) is 3.23. The van der Waals surface area contributed by atoms with Crippen molar-refractivity contribution >= 4 is 10.9 Å². The second-order valence-corrected chi connectivity index (χ2v) is 6.33. The van der Waals surface area contributed by atoms with Crippen LogP contribution in [0.1, 0.15) is 0 Å². The number of fused-ring (bicyclic) bond motifs is 1. The monoisotopic (exact) mass is 386 g/mol. The molecule has 0 unspecified atom stereocenters. The predicted octanol–water partition coefficient (Wildman–Crippen LogP) is 5.29. The fourth-order valence-electron chi connectivity index (χ4n) is 3.17. The quantitative estimate of drug-likeness (QED) is 0.421. The van der Waals surface area contributed by atoms with Gasteiger partial charge in [-0.3, -0.25) is 4.98 Å². The van der Waals surface area contributed by atoms with Gasteiger partial charge >= 0.3 is 0 Å². The third-order valence-corrected chi connectivity index (χ3v) is 4.54. The van der Waals surface area contributed by atoms with E-state index < -0.39 is 11.6 Å². The Morgan fingerprint density at radius 1 is 0.793 bits per heavy atom. The Kier molecular flexibility index (Phi) is 4.05. The van der Waals surface area contributed by atoms with Crippen LogP contribution in [0.15, 0.2) is 77.6 Å². The lowest BCUT2D eigenvalue weighted by Crippen LogP contribution is -1.92. The molecule has 29 heavy (non-hydrogen) atoms. The highest BCUT2D eigenvalue weighted by molar-refractivity contribution is 5.94. The molecule has 5 aromatic rings. The van der Waals surface area contributed by atoms with E-state index in [9.17, 15) is 8.78 Å². The molecule has 140 valence electrons. The van der Waals surface area contributed by atoms with Crippen LogP contribution >= 0.6 is 0 Å². The van der Waals surface area contributed by atoms with Crippen molar-refractivity contribution in [2.75, 3.05) is 0 Å². The first-order chi connectivity index (χ1) is 14.2. The molecule has 0 N–H and O–H groups in total. The van der Waals surface area contributed by atoms with Crippen LogP contribution in [0.2, 0.25) is 0 Å². The normalized spacial score (nSPS) is 11.1. The van der Waals surface area contributed by atoms with Crippen LogP contribution < -0.4 is 0 Å². The third kappa shape index (κ3) is 3.02. The number of halogens is 2. The second-order valence-electron chi connectivity index (χ2n) is 6.33. The van der Waals surface area contributed by atoms with Crippen LogP contribution in [0, 0.1) is 11.6 Å². The largest absolute Gasteiger partial charge is 0.334 e. The number of para-hydroxylation sites is 1. The fourth-order valence-corrected chi connectivity index (χ4v) is 3.17. The lowest BCUT2D eigenvalue weighted by Gasteiger charge is -2.07. The lowest BCUT2D eigenvalue weighted by atomic mass is 10.0. The Morgan fingerprint density at radius 2 is 1.55 bits per heavy atom. The van der Waals surface area contributed by atoms with Gasteiger partial charge in [0.15, 0.2) is 0 Å². The maximum absolute atomic E-state index is 14.1. The molecule has 2 aromatic carbocycles. The SMILES string of the molecule is Fc1cccc(F)c1-c1noc(-c2cc(-c3ccncc3)nc3ccccc23)n1. The number of rotatable bonds is 3. The van der Waals surface area contributed by atoms with Gasteiger partial charge in [-0.2, -0.15) is 4.98 Å². The van der Waals surface area contributed by atoms with Crippen molar-refractivity contribution < 1.29 is 13.3 Å². The summed E-state index contributed by atoms with van der Waals surface area (Å²) in [6, 6.07) is 16.6. The molecule has 0 aliphatic rings. The minimum atomic E-state index is -0.755. The number of nitrogens with zero attached hydrogens (tertiary/aromatic N) is 4. The highest BCUT2D eigenvalue weighted by atomic mass is 19.1. The molecule has 0 radical (unpaired) electrons. The van der Waals surface area contributed by atoms with Crippen LogP contribution in [0.3, 0.4) is 0 Å². The molecule has 7 heteroatoms. The van der Waals surface area contributed by atoms with Crippen molar-refractivity contribution in [3.8, 4) is 34.1 Å². The van der Waals surface area contributed by atoms with Crippen LogP contribution in [0.25, 0.3) is 45.0 Å². The molecule has 3 heterocycles. The van der Waals surface area contributed by atoms with Gasteiger partial charge in [0, 0.05) is 23.3 Å². The van der Waals surface area contributed by atoms with Gasteiger partial charge in [-0.25, -0.2) is 13.8 Å². The number of pyridine rings is 2. The van der Waals surface area contributed by atoms with Gasteiger partial charge in [0.25, 0.3) is 5.89 Å². The first-order valence-corrected chi connectivity index (χ1v) is 8.79. The van der Waals surface area contributed by atoms with Crippen molar-refractivity contribution in [1.29, 1.82) is 0 Å². The summed E-state index contributed by atoms with van der Waals surface area (Å²) in [4.78, 5) is 13.0. The van der Waals surface area contributed by atoms with Crippen LogP contribution in [-0.4, -0.2) is 20.1 Å². The zero-order valence-corrected chi connectivity index (χ0v) is 14.9. The van der Waals surface area contributed by atoms with Crippen molar-refractivity contribution in [3.63, 3.8) is 0 Å². The molecule has 5 nitrogen and oxygen atoms in total. The maximum atomic E-state index is 14.1. The average molecular weight is 386 g/mol. The first-order valence-electron chi connectivity index (χ1n) is 8.79. The molecular formula is C22H12F2N4O. The Labute approximate surface area is 163 Å². The van der Waals surface area contributed by atoms with Gasteiger partial charge in [0.2, 0.25) is 5.82 Å². The Balaban J connectivity index is 1.71. The Hall–Kier alpha value is -4.00. The maximum Gasteiger partial charge on any atom is 0.259 e. The van der Waals surface area contributed by atoms with Crippen molar-refractivity contribution in [1.82, 2.24) is 20.1 Å². The highest BCUT2D eigenvalue weighted by Gasteiger charge is 2.20. The number of aromatic nitrogens is 4. The summed E-state index contributed by atoms with van der Waals surface area (Å²) in [6.45, 7) is 0. The van der Waals surface area contributed by atoms with Gasteiger partial charge in [-0.15, -0.1) is 0 Å². The number of hydrogen-bond acceptors (Lipinski definition) is 5. The molecule has 0 aliphatic carbocycles. The molecule has 0 spiro atoms. The second kappa shape index (κ2) is 6.87. The summed E-state index contributed by atoms with van der Waals surface area (Å²) >= 11 is 0. The molecule has 0 saturated heterocycles. The van der Waals surface area contributed by atoms with E-state index in [1.165, 1.54) is 6.07 Å². The van der Waals surface area contributed by atoms with Crippen molar-refractivity contribution in [2.45, 2.75) is 0 Å². The smallest absolute Gasteiger partial charge is 0.259 e. The van der Waals surface area contributed by atoms with Gasteiger partial charge in [-0.05, 0) is 36.4 Å². The minimum Gasteiger partial charge on any atom is -0.334 e. The van der Waals surface area contributed by atoms with Gasteiger partial charge in [0.1, 0.15) is 11.6 Å². The molecule has 0 amide bonds. The molecule has 5 rings (SSSR count). The summed E-state index contributed by atoms with van der Waals surface area (Å²) < 4.78 is 33.6. The van der Waals surface area contributed by atoms with Gasteiger partial charge in [0.05, 0.1) is 22.3 Å². The molecule has 0 fully saturated rings. The molecule has 0 atom stereocenters. The van der Waals surface area contributed by atoms with Crippen LogP contribution in [-0.2, 0) is 0 Å². The van der Waals surface area contributed by atoms with Gasteiger partial charge in [-0.1, -0.05) is 29.4 Å². The summed E-state index contributed by atoms with van der Waals surface area (Å²) in [5, 5.41) is 4.58. The number of hydrogen-bond donors (Lipinski definition) is 0. The third-order valence-electron chi connectivity index (χ3n) is 4.54. The summed E-state index contributed by atoms with van der Waals surface area (Å²) in [6.07, 6.45) is 3.36. The topological polar surface area (TPSA) is 64.7 Å². The summed E-state index contributed by atoms with van der Waals surface area (Å²) in [5.41, 5.74) is 2.59. The lowest BCUT2D eigenvalue weighted by molar-refractivity contribution is 0.431. The summed E-state index contributed by atoms with van der Waals surface area (Å²) in [5.74, 6) is -1.51. The molecular weight excluding hydrogens is 374 g/mol. The van der Waals surface area contributed by atoms with E-state index in [-0.39, 0.29) is 17.3 Å². The van der Waals surface area contributed by atoms with E-state index in [0.29, 0.717) is 11.3 Å². The van der Waals surface area contributed by atoms with E-state index in [1.807, 2.05) is 42.5 Å².